The van der Waals surface area contributed by atoms with Crippen molar-refractivity contribution in [3.05, 3.63) is 40.1 Å². The third-order valence-corrected chi connectivity index (χ3v) is 6.54. The summed E-state index contributed by atoms with van der Waals surface area (Å²) < 4.78 is 2.18. The van der Waals surface area contributed by atoms with Crippen molar-refractivity contribution in [2.24, 2.45) is 12.5 Å². The van der Waals surface area contributed by atoms with Gasteiger partial charge in [0.05, 0.1) is 22.7 Å². The molecular formula is C19H26N4OS. The highest BCUT2D eigenvalue weighted by atomic mass is 32.1. The summed E-state index contributed by atoms with van der Waals surface area (Å²) in [4.78, 5) is 22.2. The predicted octanol–water partition coefficient (Wildman–Crippen LogP) is 2.80. The molecule has 1 spiro atoms. The lowest BCUT2D eigenvalue weighted by molar-refractivity contribution is -0.139. The molecule has 6 heteroatoms. The zero-order valence-electron chi connectivity index (χ0n) is 15.1. The van der Waals surface area contributed by atoms with Crippen molar-refractivity contribution in [2.45, 2.75) is 39.3 Å². The van der Waals surface area contributed by atoms with E-state index in [2.05, 4.69) is 45.2 Å². The molecule has 0 aliphatic carbocycles. The van der Waals surface area contributed by atoms with Gasteiger partial charge in [0.1, 0.15) is 0 Å². The van der Waals surface area contributed by atoms with E-state index >= 15 is 0 Å². The maximum Gasteiger partial charge on any atom is 0.230 e. The summed E-state index contributed by atoms with van der Waals surface area (Å²) in [7, 11) is 2.09. The molecule has 0 aromatic carbocycles. The number of aromatic nitrogens is 2. The van der Waals surface area contributed by atoms with Crippen LogP contribution in [0.5, 0.6) is 0 Å². The van der Waals surface area contributed by atoms with E-state index in [1.807, 2.05) is 11.8 Å². The summed E-state index contributed by atoms with van der Waals surface area (Å²) in [6.07, 6.45) is 5.22. The van der Waals surface area contributed by atoms with Gasteiger partial charge in [-0.15, -0.1) is 11.3 Å². The SMILES string of the molecule is Cc1nc(CN2CCC3(CCCN(Cc4cccn4C)C3)C2=O)cs1. The van der Waals surface area contributed by atoms with Crippen molar-refractivity contribution >= 4 is 17.2 Å². The number of nitrogens with zero attached hydrogens (tertiary/aromatic N) is 4. The number of carbonyl (C=O) groups is 1. The van der Waals surface area contributed by atoms with Gasteiger partial charge in [0, 0.05) is 44.0 Å². The highest BCUT2D eigenvalue weighted by Crippen LogP contribution is 2.41. The van der Waals surface area contributed by atoms with Crippen LogP contribution < -0.4 is 0 Å². The van der Waals surface area contributed by atoms with Gasteiger partial charge < -0.3 is 9.47 Å². The van der Waals surface area contributed by atoms with Gasteiger partial charge in [-0.3, -0.25) is 9.69 Å². The summed E-state index contributed by atoms with van der Waals surface area (Å²) in [6, 6.07) is 4.27. The Labute approximate surface area is 153 Å². The van der Waals surface area contributed by atoms with Crippen LogP contribution in [0.2, 0.25) is 0 Å². The number of rotatable bonds is 4. The second kappa shape index (κ2) is 6.57. The smallest absolute Gasteiger partial charge is 0.230 e. The van der Waals surface area contributed by atoms with E-state index in [9.17, 15) is 4.79 Å². The van der Waals surface area contributed by atoms with E-state index in [1.54, 1.807) is 11.3 Å². The summed E-state index contributed by atoms with van der Waals surface area (Å²) in [5.74, 6) is 0.342. The third-order valence-electron chi connectivity index (χ3n) is 5.71. The van der Waals surface area contributed by atoms with E-state index in [4.69, 9.17) is 0 Å². The van der Waals surface area contributed by atoms with Gasteiger partial charge in [-0.1, -0.05) is 0 Å². The van der Waals surface area contributed by atoms with E-state index in [-0.39, 0.29) is 5.41 Å². The quantitative estimate of drug-likeness (QED) is 0.844. The molecule has 0 N–H and O–H groups in total. The number of piperidine rings is 1. The Hall–Kier alpha value is -1.66. The molecule has 1 unspecified atom stereocenters. The highest BCUT2D eigenvalue weighted by Gasteiger charge is 2.48. The minimum atomic E-state index is -0.172. The van der Waals surface area contributed by atoms with Crippen LogP contribution in [0.25, 0.3) is 0 Å². The summed E-state index contributed by atoms with van der Waals surface area (Å²) in [6.45, 7) is 6.47. The van der Waals surface area contributed by atoms with Gasteiger partial charge >= 0.3 is 0 Å². The Morgan fingerprint density at radius 3 is 2.88 bits per heavy atom. The monoisotopic (exact) mass is 358 g/mol. The Kier molecular flexibility index (Phi) is 4.41. The molecule has 0 bridgehead atoms. The highest BCUT2D eigenvalue weighted by molar-refractivity contribution is 7.09. The molecule has 5 nitrogen and oxygen atoms in total. The first kappa shape index (κ1) is 16.8. The molecule has 1 atom stereocenters. The van der Waals surface area contributed by atoms with Gasteiger partial charge in [0.2, 0.25) is 5.91 Å². The number of carbonyl (C=O) groups excluding carboxylic acids is 1. The lowest BCUT2D eigenvalue weighted by atomic mass is 9.78. The van der Waals surface area contributed by atoms with Crippen molar-refractivity contribution in [1.29, 1.82) is 0 Å². The van der Waals surface area contributed by atoms with E-state index in [0.717, 1.165) is 56.1 Å². The molecule has 2 aliphatic rings. The van der Waals surface area contributed by atoms with Gasteiger partial charge in [-0.2, -0.15) is 0 Å². The molecule has 134 valence electrons. The van der Waals surface area contributed by atoms with E-state index < -0.39 is 0 Å². The van der Waals surface area contributed by atoms with E-state index in [0.29, 0.717) is 12.5 Å². The minimum absolute atomic E-state index is 0.172. The minimum Gasteiger partial charge on any atom is -0.353 e. The lowest BCUT2D eigenvalue weighted by Gasteiger charge is -2.39. The Morgan fingerprint density at radius 1 is 1.28 bits per heavy atom. The predicted molar refractivity (Wildman–Crippen MR) is 99.2 cm³/mol. The van der Waals surface area contributed by atoms with Crippen molar-refractivity contribution in [3.8, 4) is 0 Å². The fourth-order valence-electron chi connectivity index (χ4n) is 4.35. The maximum absolute atomic E-state index is 13.2. The normalized spacial score (nSPS) is 24.6. The van der Waals surface area contributed by atoms with E-state index in [1.165, 1.54) is 5.69 Å². The molecule has 2 fully saturated rings. The van der Waals surface area contributed by atoms with Gasteiger partial charge in [0.15, 0.2) is 0 Å². The Bertz CT molecular complexity index is 767. The molecule has 25 heavy (non-hydrogen) atoms. The standard InChI is InChI=1S/C19H26N4OS/c1-15-20-16(13-25-15)11-23-10-7-19(18(23)24)6-4-9-22(14-19)12-17-5-3-8-21(17)2/h3,5,8,13H,4,6-7,9-12,14H2,1-2H3. The molecule has 1 amide bonds. The van der Waals surface area contributed by atoms with Crippen molar-refractivity contribution < 1.29 is 4.79 Å². The van der Waals surface area contributed by atoms with Crippen molar-refractivity contribution in [3.63, 3.8) is 0 Å². The van der Waals surface area contributed by atoms with Crippen LogP contribution >= 0.6 is 11.3 Å². The average Bonchev–Trinajstić information content (AvgIpc) is 3.26. The number of hydrogen-bond donors (Lipinski definition) is 0. The van der Waals surface area contributed by atoms with Crippen LogP contribution in [0.15, 0.2) is 23.7 Å². The van der Waals surface area contributed by atoms with Crippen LogP contribution in [-0.4, -0.2) is 44.9 Å². The molecule has 4 heterocycles. The van der Waals surface area contributed by atoms with Crippen LogP contribution in [-0.2, 0) is 24.9 Å². The molecule has 2 aromatic rings. The van der Waals surface area contributed by atoms with Crippen LogP contribution in [0, 0.1) is 12.3 Å². The topological polar surface area (TPSA) is 41.4 Å². The molecule has 2 aliphatic heterocycles. The average molecular weight is 359 g/mol. The molecular weight excluding hydrogens is 332 g/mol. The summed E-state index contributed by atoms with van der Waals surface area (Å²) in [5.41, 5.74) is 2.18. The molecule has 2 saturated heterocycles. The number of likely N-dealkylation sites (tertiary alicyclic amines) is 2. The summed E-state index contributed by atoms with van der Waals surface area (Å²) in [5, 5.41) is 3.15. The third kappa shape index (κ3) is 3.25. The first-order valence-electron chi connectivity index (χ1n) is 9.09. The first-order chi connectivity index (χ1) is 12.1. The molecule has 4 rings (SSSR count). The molecule has 2 aromatic heterocycles. The number of amides is 1. The van der Waals surface area contributed by atoms with Gasteiger partial charge in [-0.25, -0.2) is 4.98 Å². The molecule has 0 saturated carbocycles. The fourth-order valence-corrected chi connectivity index (χ4v) is 4.95. The van der Waals surface area contributed by atoms with Crippen molar-refractivity contribution in [1.82, 2.24) is 19.4 Å². The van der Waals surface area contributed by atoms with Gasteiger partial charge in [-0.05, 0) is 44.9 Å². The van der Waals surface area contributed by atoms with Crippen LogP contribution in [0.3, 0.4) is 0 Å². The number of thiazole rings is 1. The number of hydrogen-bond acceptors (Lipinski definition) is 4. The second-order valence-electron chi connectivity index (χ2n) is 7.54. The van der Waals surface area contributed by atoms with Crippen molar-refractivity contribution in [2.75, 3.05) is 19.6 Å². The lowest BCUT2D eigenvalue weighted by Crippen LogP contribution is -2.47. The largest absolute Gasteiger partial charge is 0.353 e. The number of aryl methyl sites for hydroxylation is 2. The second-order valence-corrected chi connectivity index (χ2v) is 8.60. The first-order valence-corrected chi connectivity index (χ1v) is 9.97. The Balaban J connectivity index is 1.44. The van der Waals surface area contributed by atoms with Crippen LogP contribution in [0.4, 0.5) is 0 Å². The zero-order chi connectivity index (χ0) is 17.4. The maximum atomic E-state index is 13.2. The zero-order valence-corrected chi connectivity index (χ0v) is 15.9. The molecule has 0 radical (unpaired) electrons. The van der Waals surface area contributed by atoms with Gasteiger partial charge in [0.25, 0.3) is 0 Å². The summed E-state index contributed by atoms with van der Waals surface area (Å²) >= 11 is 1.66. The fraction of sp³-hybridized carbons (Fsp3) is 0.579. The van der Waals surface area contributed by atoms with Crippen LogP contribution in [0.1, 0.15) is 35.7 Å². The Morgan fingerprint density at radius 2 is 2.16 bits per heavy atom.